The first-order valence-corrected chi connectivity index (χ1v) is 8.77. The summed E-state index contributed by atoms with van der Waals surface area (Å²) in [4.78, 5) is 6.90. The third-order valence-corrected chi connectivity index (χ3v) is 5.52. The zero-order valence-electron chi connectivity index (χ0n) is 12.0. The maximum atomic E-state index is 12.5. The number of hydrogen-bond acceptors (Lipinski definition) is 4. The lowest BCUT2D eigenvalue weighted by Gasteiger charge is -2.31. The zero-order chi connectivity index (χ0) is 14.6. The van der Waals surface area contributed by atoms with E-state index in [2.05, 4.69) is 14.7 Å². The SMILES string of the molecule is CCc1ncc(S(=O)(=O)NC2(CN)CCCCCC2)[nH]1. The molecule has 7 heteroatoms. The van der Waals surface area contributed by atoms with Crippen molar-refractivity contribution in [2.45, 2.75) is 62.4 Å². The van der Waals surface area contributed by atoms with E-state index in [1.807, 2.05) is 6.92 Å². The number of hydrogen-bond donors (Lipinski definition) is 3. The summed E-state index contributed by atoms with van der Waals surface area (Å²) in [6, 6.07) is 0. The number of nitrogens with two attached hydrogens (primary N) is 1. The first-order chi connectivity index (χ1) is 9.51. The minimum atomic E-state index is -3.58. The first-order valence-electron chi connectivity index (χ1n) is 7.29. The summed E-state index contributed by atoms with van der Waals surface area (Å²) < 4.78 is 27.8. The fourth-order valence-electron chi connectivity index (χ4n) is 2.75. The molecule has 0 radical (unpaired) electrons. The molecule has 1 aromatic heterocycles. The van der Waals surface area contributed by atoms with Crippen molar-refractivity contribution in [3.63, 3.8) is 0 Å². The van der Waals surface area contributed by atoms with Crippen molar-refractivity contribution in [3.8, 4) is 0 Å². The van der Waals surface area contributed by atoms with Gasteiger partial charge in [-0.05, 0) is 12.8 Å². The predicted molar refractivity (Wildman–Crippen MR) is 77.8 cm³/mol. The highest BCUT2D eigenvalue weighted by Gasteiger charge is 2.35. The van der Waals surface area contributed by atoms with Gasteiger partial charge in [0.15, 0.2) is 5.03 Å². The van der Waals surface area contributed by atoms with Crippen LogP contribution in [-0.2, 0) is 16.4 Å². The number of H-pyrrole nitrogens is 1. The lowest BCUT2D eigenvalue weighted by Crippen LogP contribution is -2.53. The minimum absolute atomic E-state index is 0.131. The van der Waals surface area contributed by atoms with Crippen LogP contribution < -0.4 is 10.5 Å². The summed E-state index contributed by atoms with van der Waals surface area (Å²) in [5, 5.41) is 0.131. The fourth-order valence-corrected chi connectivity index (χ4v) is 4.16. The molecular formula is C13H24N4O2S. The Hall–Kier alpha value is -0.920. The standard InChI is InChI=1S/C13H24N4O2S/c1-2-11-15-9-12(16-11)20(18,19)17-13(10-14)7-5-3-4-6-8-13/h9,17H,2-8,10,14H2,1H3,(H,15,16). The molecule has 0 saturated heterocycles. The number of aromatic nitrogens is 2. The van der Waals surface area contributed by atoms with Crippen molar-refractivity contribution >= 4 is 10.0 Å². The molecule has 0 unspecified atom stereocenters. The maximum absolute atomic E-state index is 12.5. The Labute approximate surface area is 120 Å². The molecule has 1 fully saturated rings. The molecule has 0 spiro atoms. The quantitative estimate of drug-likeness (QED) is 0.713. The third-order valence-electron chi connectivity index (χ3n) is 4.03. The molecule has 1 heterocycles. The van der Waals surface area contributed by atoms with E-state index < -0.39 is 15.6 Å². The van der Waals surface area contributed by atoms with Gasteiger partial charge in [0, 0.05) is 18.5 Å². The lowest BCUT2D eigenvalue weighted by molar-refractivity contribution is 0.342. The number of sulfonamides is 1. The first kappa shape index (κ1) is 15.5. The Morgan fingerprint density at radius 1 is 1.35 bits per heavy atom. The van der Waals surface area contributed by atoms with Gasteiger partial charge in [-0.25, -0.2) is 18.1 Å². The molecule has 0 atom stereocenters. The molecule has 1 saturated carbocycles. The highest BCUT2D eigenvalue weighted by molar-refractivity contribution is 7.89. The van der Waals surface area contributed by atoms with Gasteiger partial charge in [-0.3, -0.25) is 0 Å². The molecule has 20 heavy (non-hydrogen) atoms. The molecule has 0 amide bonds. The predicted octanol–water partition coefficient (Wildman–Crippen LogP) is 1.30. The van der Waals surface area contributed by atoms with E-state index in [-0.39, 0.29) is 5.03 Å². The van der Waals surface area contributed by atoms with Gasteiger partial charge in [0.25, 0.3) is 10.0 Å². The van der Waals surface area contributed by atoms with Crippen molar-refractivity contribution in [1.29, 1.82) is 0 Å². The number of imidazole rings is 1. The largest absolute Gasteiger partial charge is 0.332 e. The van der Waals surface area contributed by atoms with E-state index in [0.717, 1.165) is 38.5 Å². The van der Waals surface area contributed by atoms with Crippen LogP contribution in [0, 0.1) is 0 Å². The smallest absolute Gasteiger partial charge is 0.258 e. The summed E-state index contributed by atoms with van der Waals surface area (Å²) in [7, 11) is -3.58. The molecule has 1 aliphatic rings. The van der Waals surface area contributed by atoms with Gasteiger partial charge in [-0.2, -0.15) is 0 Å². The summed E-state index contributed by atoms with van der Waals surface area (Å²) in [5.41, 5.74) is 5.36. The van der Waals surface area contributed by atoms with Crippen LogP contribution in [0.25, 0.3) is 0 Å². The van der Waals surface area contributed by atoms with Crippen molar-refractivity contribution in [1.82, 2.24) is 14.7 Å². The molecular weight excluding hydrogens is 276 g/mol. The van der Waals surface area contributed by atoms with Gasteiger partial charge in [0.1, 0.15) is 5.82 Å². The second-order valence-electron chi connectivity index (χ2n) is 5.55. The lowest BCUT2D eigenvalue weighted by atomic mass is 9.92. The van der Waals surface area contributed by atoms with Crippen molar-refractivity contribution in [3.05, 3.63) is 12.0 Å². The normalized spacial score (nSPS) is 19.7. The molecule has 114 valence electrons. The van der Waals surface area contributed by atoms with Gasteiger partial charge in [-0.15, -0.1) is 0 Å². The van der Waals surface area contributed by atoms with Gasteiger partial charge < -0.3 is 10.7 Å². The van der Waals surface area contributed by atoms with E-state index in [1.165, 1.54) is 6.20 Å². The van der Waals surface area contributed by atoms with E-state index in [0.29, 0.717) is 18.8 Å². The van der Waals surface area contributed by atoms with Gasteiger partial charge in [0.2, 0.25) is 0 Å². The van der Waals surface area contributed by atoms with E-state index >= 15 is 0 Å². The Balaban J connectivity index is 2.20. The van der Waals surface area contributed by atoms with Crippen molar-refractivity contribution in [2.75, 3.05) is 6.54 Å². The second-order valence-corrected chi connectivity index (χ2v) is 7.20. The van der Waals surface area contributed by atoms with E-state index in [4.69, 9.17) is 5.73 Å². The van der Waals surface area contributed by atoms with Gasteiger partial charge >= 0.3 is 0 Å². The van der Waals surface area contributed by atoms with Crippen LogP contribution in [0.15, 0.2) is 11.2 Å². The van der Waals surface area contributed by atoms with E-state index in [1.54, 1.807) is 0 Å². The average molecular weight is 300 g/mol. The highest BCUT2D eigenvalue weighted by atomic mass is 32.2. The summed E-state index contributed by atoms with van der Waals surface area (Å²) in [5.74, 6) is 0.674. The molecule has 0 aliphatic heterocycles. The monoisotopic (exact) mass is 300 g/mol. The van der Waals surface area contributed by atoms with Crippen LogP contribution in [0.2, 0.25) is 0 Å². The summed E-state index contributed by atoms with van der Waals surface area (Å²) in [6.45, 7) is 2.26. The van der Waals surface area contributed by atoms with Crippen LogP contribution in [0.4, 0.5) is 0 Å². The molecule has 0 bridgehead atoms. The molecule has 1 aromatic rings. The van der Waals surface area contributed by atoms with Crippen LogP contribution in [0.1, 0.15) is 51.3 Å². The van der Waals surface area contributed by atoms with Gasteiger partial charge in [0.05, 0.1) is 6.20 Å². The number of nitrogens with zero attached hydrogens (tertiary/aromatic N) is 1. The number of aromatic amines is 1. The Kier molecular flexibility index (Phi) is 4.82. The Morgan fingerprint density at radius 2 is 2.00 bits per heavy atom. The van der Waals surface area contributed by atoms with Crippen LogP contribution in [0.3, 0.4) is 0 Å². The van der Waals surface area contributed by atoms with Crippen molar-refractivity contribution < 1.29 is 8.42 Å². The Morgan fingerprint density at radius 3 is 2.50 bits per heavy atom. The van der Waals surface area contributed by atoms with Crippen LogP contribution in [0.5, 0.6) is 0 Å². The number of nitrogens with one attached hydrogen (secondary N) is 2. The van der Waals surface area contributed by atoms with E-state index in [9.17, 15) is 8.42 Å². The molecule has 0 aromatic carbocycles. The number of rotatable bonds is 5. The minimum Gasteiger partial charge on any atom is -0.332 e. The second kappa shape index (κ2) is 6.24. The molecule has 6 nitrogen and oxygen atoms in total. The summed E-state index contributed by atoms with van der Waals surface area (Å²) >= 11 is 0. The molecule has 4 N–H and O–H groups in total. The summed E-state index contributed by atoms with van der Waals surface area (Å²) in [6.07, 6.45) is 7.99. The van der Waals surface area contributed by atoms with Crippen LogP contribution in [-0.4, -0.2) is 30.5 Å². The third kappa shape index (κ3) is 3.39. The Bertz CT molecular complexity index is 530. The molecule has 1 aliphatic carbocycles. The topological polar surface area (TPSA) is 101 Å². The fraction of sp³-hybridized carbons (Fsp3) is 0.769. The average Bonchev–Trinajstić information content (AvgIpc) is 2.81. The zero-order valence-corrected chi connectivity index (χ0v) is 12.8. The van der Waals surface area contributed by atoms with Gasteiger partial charge in [-0.1, -0.05) is 32.6 Å². The highest BCUT2D eigenvalue weighted by Crippen LogP contribution is 2.28. The maximum Gasteiger partial charge on any atom is 0.258 e. The number of aryl methyl sites for hydroxylation is 1. The molecule has 2 rings (SSSR count). The van der Waals surface area contributed by atoms with Crippen LogP contribution >= 0.6 is 0 Å². The van der Waals surface area contributed by atoms with Crippen molar-refractivity contribution in [2.24, 2.45) is 5.73 Å².